The highest BCUT2D eigenvalue weighted by Crippen LogP contribution is 2.31. The van der Waals surface area contributed by atoms with Crippen molar-refractivity contribution in [3.8, 4) is 5.75 Å². The number of rotatable bonds is 17. The lowest BCUT2D eigenvalue weighted by Gasteiger charge is -2.32. The summed E-state index contributed by atoms with van der Waals surface area (Å²) in [5.41, 5.74) is 5.72. The molecule has 0 saturated carbocycles. The summed E-state index contributed by atoms with van der Waals surface area (Å²) in [5.74, 6) is -13.6. The monoisotopic (exact) mass is 1160 g/mol. The average molecular weight is 1160 g/mol. The first-order valence-electron chi connectivity index (χ1n) is 26.5. The third-order valence-corrected chi connectivity index (χ3v) is 15.8. The van der Waals surface area contributed by atoms with Crippen LogP contribution in [0.4, 0.5) is 0 Å². The molecule has 1 saturated heterocycles. The van der Waals surface area contributed by atoms with Crippen LogP contribution in [0.2, 0.25) is 0 Å². The molecular weight excluding hydrogens is 1090 g/mol. The quantitative estimate of drug-likeness (QED) is 0.0400. The van der Waals surface area contributed by atoms with E-state index in [0.29, 0.717) is 32.1 Å². The van der Waals surface area contributed by atoms with Gasteiger partial charge < -0.3 is 77.6 Å². The van der Waals surface area contributed by atoms with E-state index in [4.69, 9.17) is 15.2 Å². The number of imide groups is 1. The number of amides is 11. The SMILES string of the molecule is CC[C@H](C)[C@@H]1NC(=O)CNC(=O)[C@H]2Cc3c([nH]c4cc(OCC(=O)OCCCCCCN5C(=O)C=CC5=O)ccc34)S(=O)C[C@@H](NC(=O)CNC1=O)C(=O)N[C@@H](CC(N)=O)C(=O)N1C[C@H](O)C[C@H]1C(=O)N[C@@H]([C@H](C)[C@H](O)CO)C(=O)N2. The smallest absolute Gasteiger partial charge is 0.344 e. The second kappa shape index (κ2) is 28.5. The van der Waals surface area contributed by atoms with Gasteiger partial charge in [0.15, 0.2) is 6.61 Å². The molecule has 30 heteroatoms. The van der Waals surface area contributed by atoms with E-state index >= 15 is 0 Å². The number of esters is 1. The standard InChI is InChI=1S/C51H69N11O18S/c1-4-25(2)43-48(75)54-19-38(67)55-34-24-81(78)50-30(29-10-9-28(16-31(29)58-50)80-23-42(71)79-14-8-6-5-7-13-61-40(69)11-12-41(61)70)17-32(45(72)53-20-39(68)59-43)56-49(76)44(26(3)36(65)22-63)60-47(74)35-15-27(64)21-62(35)51(77)33(18-37(52)66)57-46(34)73/h9-12,16,25-27,32-36,43-44,58,63-65H,4-8,13-15,17-24H2,1-3H3,(H2,52,66)(H,53,72)(H,54,75)(H,55,67)(H,56,76)(H,57,73)(H,59,68)(H,60,74)/t25-,26+,27+,32+,33-,34+,35-,36+,43-,44-,81?/m0/s1. The number of hydrogen-bond acceptors (Lipinski definition) is 18. The molecule has 0 spiro atoms. The molecule has 4 aliphatic rings. The Kier molecular flexibility index (Phi) is 22.0. The van der Waals surface area contributed by atoms with Crippen LogP contribution in [0.15, 0.2) is 35.4 Å². The van der Waals surface area contributed by atoms with Crippen LogP contribution in [-0.4, -0.2) is 205 Å². The van der Waals surface area contributed by atoms with E-state index < -0.39 is 188 Å². The van der Waals surface area contributed by atoms with Gasteiger partial charge in [-0.2, -0.15) is 0 Å². The molecule has 4 aliphatic heterocycles. The van der Waals surface area contributed by atoms with Crippen LogP contribution in [0, 0.1) is 11.8 Å². The molecule has 1 aromatic carbocycles. The number of aliphatic hydroxyl groups is 3. The minimum absolute atomic E-state index is 0.0349. The summed E-state index contributed by atoms with van der Waals surface area (Å²) in [5, 5.41) is 48.8. The number of primary amides is 1. The van der Waals surface area contributed by atoms with Crippen molar-refractivity contribution in [2.24, 2.45) is 17.6 Å². The molecular formula is C51H69N11O18S. The number of nitrogens with two attached hydrogens (primary N) is 1. The summed E-state index contributed by atoms with van der Waals surface area (Å²) in [4.78, 5) is 167. The molecule has 1 fully saturated rings. The number of carbonyl (C=O) groups is 12. The molecule has 5 heterocycles. The molecule has 29 nitrogen and oxygen atoms in total. The Morgan fingerprint density at radius 2 is 1.49 bits per heavy atom. The maximum absolute atomic E-state index is 15.0. The predicted molar refractivity (Wildman–Crippen MR) is 281 cm³/mol. The molecule has 6 rings (SSSR count). The van der Waals surface area contributed by atoms with Crippen LogP contribution in [0.5, 0.6) is 5.75 Å². The van der Waals surface area contributed by atoms with Crippen LogP contribution in [0.3, 0.4) is 0 Å². The number of benzene rings is 1. The molecule has 1 aromatic heterocycles. The summed E-state index contributed by atoms with van der Waals surface area (Å²) >= 11 is 0. The number of ether oxygens (including phenoxy) is 2. The normalized spacial score (nSPS) is 25.8. The lowest BCUT2D eigenvalue weighted by atomic mass is 9.93. The highest BCUT2D eigenvalue weighted by Gasteiger charge is 2.45. The van der Waals surface area contributed by atoms with Crippen molar-refractivity contribution < 1.29 is 86.5 Å². The molecule has 11 atom stereocenters. The summed E-state index contributed by atoms with van der Waals surface area (Å²) in [6, 6.07) is -5.99. The zero-order chi connectivity index (χ0) is 59.2. The van der Waals surface area contributed by atoms with Gasteiger partial charge in [0, 0.05) is 55.5 Å². The predicted octanol–water partition coefficient (Wildman–Crippen LogP) is -5.22. The topological polar surface area (TPSA) is 434 Å². The molecule has 0 radical (unpaired) electrons. The van der Waals surface area contributed by atoms with Crippen molar-refractivity contribution in [3.63, 3.8) is 0 Å². The molecule has 0 aliphatic carbocycles. The first-order valence-corrected chi connectivity index (χ1v) is 27.8. The first kappa shape index (κ1) is 62.4. The Hall–Kier alpha value is -7.83. The Morgan fingerprint density at radius 1 is 0.815 bits per heavy atom. The van der Waals surface area contributed by atoms with E-state index in [9.17, 15) is 77.1 Å². The summed E-state index contributed by atoms with van der Waals surface area (Å²) in [7, 11) is -2.47. The number of aromatic nitrogens is 1. The second-order valence-corrected chi connectivity index (χ2v) is 21.6. The number of nitrogens with zero attached hydrogens (tertiary/aromatic N) is 2. The van der Waals surface area contributed by atoms with Gasteiger partial charge in [-0.25, -0.2) is 4.79 Å². The van der Waals surface area contributed by atoms with Crippen molar-refractivity contribution in [1.82, 2.24) is 52.0 Å². The van der Waals surface area contributed by atoms with Crippen LogP contribution in [-0.2, 0) is 79.5 Å². The number of unbranched alkanes of at least 4 members (excludes halogenated alkanes) is 3. The number of fused-ring (bicyclic) bond motifs is 5. The van der Waals surface area contributed by atoms with E-state index in [1.807, 2.05) is 0 Å². The molecule has 13 N–H and O–H groups in total. The number of carbonyl (C=O) groups excluding carboxylic acids is 12. The molecule has 2 bridgehead atoms. The van der Waals surface area contributed by atoms with Gasteiger partial charge in [0.1, 0.15) is 47.0 Å². The van der Waals surface area contributed by atoms with E-state index in [-0.39, 0.29) is 52.2 Å². The Morgan fingerprint density at radius 3 is 2.17 bits per heavy atom. The van der Waals surface area contributed by atoms with Gasteiger partial charge in [0.2, 0.25) is 53.2 Å². The third-order valence-electron chi connectivity index (χ3n) is 14.3. The maximum Gasteiger partial charge on any atom is 0.344 e. The molecule has 1 unspecified atom stereocenters. The van der Waals surface area contributed by atoms with E-state index in [0.717, 1.165) is 9.80 Å². The van der Waals surface area contributed by atoms with E-state index in [1.54, 1.807) is 13.8 Å². The maximum atomic E-state index is 15.0. The fourth-order valence-electron chi connectivity index (χ4n) is 9.53. The highest BCUT2D eigenvalue weighted by atomic mass is 32.2. The summed E-state index contributed by atoms with van der Waals surface area (Å²) in [6.45, 7) is 1.31. The number of aliphatic hydroxyl groups excluding tert-OH is 3. The average Bonchev–Trinajstić information content (AvgIpc) is 4.07. The van der Waals surface area contributed by atoms with Gasteiger partial charge in [0.05, 0.1) is 67.0 Å². The van der Waals surface area contributed by atoms with Crippen LogP contribution in [0.1, 0.15) is 71.3 Å². The van der Waals surface area contributed by atoms with Crippen LogP contribution in [0.25, 0.3) is 10.9 Å². The first-order chi connectivity index (χ1) is 38.5. The minimum Gasteiger partial charge on any atom is -0.482 e. The number of H-pyrrole nitrogens is 1. The van der Waals surface area contributed by atoms with Crippen LogP contribution < -0.4 is 47.7 Å². The van der Waals surface area contributed by atoms with E-state index in [2.05, 4.69) is 42.2 Å². The third kappa shape index (κ3) is 16.4. The largest absolute Gasteiger partial charge is 0.482 e. The lowest BCUT2D eigenvalue weighted by Crippen LogP contribution is -2.62. The number of hydrogen-bond donors (Lipinski definition) is 12. The van der Waals surface area contributed by atoms with Gasteiger partial charge in [-0.15, -0.1) is 0 Å². The van der Waals surface area contributed by atoms with Gasteiger partial charge in [-0.05, 0) is 42.9 Å². The van der Waals surface area contributed by atoms with Gasteiger partial charge >= 0.3 is 5.97 Å². The van der Waals surface area contributed by atoms with Crippen molar-refractivity contribution >= 4 is 92.7 Å². The fourth-order valence-corrected chi connectivity index (χ4v) is 10.9. The van der Waals surface area contributed by atoms with Crippen molar-refractivity contribution in [3.05, 3.63) is 35.9 Å². The van der Waals surface area contributed by atoms with Crippen molar-refractivity contribution in [1.29, 1.82) is 0 Å². The van der Waals surface area contributed by atoms with Crippen molar-refractivity contribution in [2.75, 3.05) is 51.8 Å². The number of nitrogens with one attached hydrogen (secondary N) is 8. The Balaban J connectivity index is 1.39. The summed E-state index contributed by atoms with van der Waals surface area (Å²) in [6.07, 6.45) is 0.0869. The van der Waals surface area contributed by atoms with Gasteiger partial charge in [-0.3, -0.25) is 61.8 Å². The number of aromatic amines is 1. The van der Waals surface area contributed by atoms with Crippen molar-refractivity contribution in [2.45, 2.75) is 126 Å². The van der Waals surface area contributed by atoms with Gasteiger partial charge in [0.25, 0.3) is 11.8 Å². The lowest BCUT2D eigenvalue weighted by molar-refractivity contribution is -0.146. The highest BCUT2D eigenvalue weighted by molar-refractivity contribution is 7.85. The minimum atomic E-state index is -2.47. The Labute approximate surface area is 466 Å². The molecule has 81 heavy (non-hydrogen) atoms. The molecule has 442 valence electrons. The zero-order valence-electron chi connectivity index (χ0n) is 44.8. The zero-order valence-corrected chi connectivity index (χ0v) is 45.6. The second-order valence-electron chi connectivity index (χ2n) is 20.2. The summed E-state index contributed by atoms with van der Waals surface area (Å²) < 4.78 is 26.1. The van der Waals surface area contributed by atoms with Crippen LogP contribution >= 0.6 is 0 Å². The fraction of sp³-hybridized carbons (Fsp3) is 0.569. The van der Waals surface area contributed by atoms with E-state index in [1.165, 1.54) is 37.3 Å². The molecule has 11 amide bonds. The Bertz CT molecular complexity index is 2810. The molecule has 2 aromatic rings. The van der Waals surface area contributed by atoms with Gasteiger partial charge in [-0.1, -0.05) is 33.6 Å².